The molecule has 1 heterocycles. The molecule has 1 fully saturated rings. The largest absolute Gasteiger partial charge is 0.496 e. The standard InChI is InChI=1S/C19H23N3O6S/c1-21-19(15-7-5-8-16(12-15)22(23)24)18(13-28-21)29(25,26)20-11-10-14-6-3-4-9-17(14)27-2/h3-9,12,18-20H,10-11,13H2,1-2H3. The molecular weight excluding hydrogens is 398 g/mol. The van der Waals surface area contributed by atoms with Gasteiger partial charge in [-0.1, -0.05) is 30.3 Å². The number of nitrogens with zero attached hydrogens (tertiary/aromatic N) is 2. The molecule has 1 N–H and O–H groups in total. The average Bonchev–Trinajstić information content (AvgIpc) is 3.10. The summed E-state index contributed by atoms with van der Waals surface area (Å²) in [4.78, 5) is 16.0. The van der Waals surface area contributed by atoms with Gasteiger partial charge < -0.3 is 4.74 Å². The number of non-ortho nitro benzene ring substituents is 1. The van der Waals surface area contributed by atoms with Crippen molar-refractivity contribution in [3.8, 4) is 5.75 Å². The van der Waals surface area contributed by atoms with Gasteiger partial charge in [-0.05, 0) is 23.6 Å². The van der Waals surface area contributed by atoms with Crippen molar-refractivity contribution >= 4 is 15.7 Å². The quantitative estimate of drug-likeness (QED) is 0.513. The number of ether oxygens (including phenoxy) is 1. The predicted octanol–water partition coefficient (Wildman–Crippen LogP) is 2.05. The maximum atomic E-state index is 12.9. The first kappa shape index (κ1) is 21.2. The SMILES string of the molecule is COc1ccccc1CCNS(=O)(=O)C1CON(C)C1c1cccc([N+](=O)[O-])c1. The fraction of sp³-hybridized carbons (Fsp3) is 0.368. The van der Waals surface area contributed by atoms with Crippen LogP contribution in [0.2, 0.25) is 0 Å². The first-order valence-electron chi connectivity index (χ1n) is 9.04. The smallest absolute Gasteiger partial charge is 0.269 e. The van der Waals surface area contributed by atoms with Crippen molar-refractivity contribution in [2.75, 3.05) is 27.3 Å². The van der Waals surface area contributed by atoms with Crippen LogP contribution in [0.1, 0.15) is 17.2 Å². The zero-order chi connectivity index (χ0) is 21.0. The molecule has 0 saturated carbocycles. The number of hydrogen-bond donors (Lipinski definition) is 1. The van der Waals surface area contributed by atoms with Crippen molar-refractivity contribution in [3.05, 3.63) is 69.8 Å². The number of hydrogen-bond acceptors (Lipinski definition) is 7. The number of rotatable bonds is 8. The van der Waals surface area contributed by atoms with Gasteiger partial charge in [0, 0.05) is 25.7 Å². The number of nitro benzene ring substituents is 1. The number of sulfonamides is 1. The van der Waals surface area contributed by atoms with E-state index in [9.17, 15) is 18.5 Å². The van der Waals surface area contributed by atoms with E-state index in [0.717, 1.165) is 5.56 Å². The molecule has 9 nitrogen and oxygen atoms in total. The van der Waals surface area contributed by atoms with Crippen molar-refractivity contribution in [1.82, 2.24) is 9.79 Å². The molecule has 2 aromatic carbocycles. The third kappa shape index (κ3) is 4.73. The summed E-state index contributed by atoms with van der Waals surface area (Å²) >= 11 is 0. The fourth-order valence-corrected chi connectivity index (χ4v) is 4.96. The van der Waals surface area contributed by atoms with E-state index in [1.807, 2.05) is 24.3 Å². The van der Waals surface area contributed by atoms with Gasteiger partial charge in [0.25, 0.3) is 5.69 Å². The summed E-state index contributed by atoms with van der Waals surface area (Å²) in [7, 11) is -0.554. The second-order valence-corrected chi connectivity index (χ2v) is 8.66. The van der Waals surface area contributed by atoms with Crippen molar-refractivity contribution < 1.29 is 22.9 Å². The summed E-state index contributed by atoms with van der Waals surface area (Å²) in [5.41, 5.74) is 1.31. The van der Waals surface area contributed by atoms with Gasteiger partial charge in [0.1, 0.15) is 11.0 Å². The van der Waals surface area contributed by atoms with E-state index in [0.29, 0.717) is 17.7 Å². The van der Waals surface area contributed by atoms with Gasteiger partial charge in [0.05, 0.1) is 24.7 Å². The monoisotopic (exact) mass is 421 g/mol. The lowest BCUT2D eigenvalue weighted by Gasteiger charge is -2.23. The molecule has 1 aliphatic rings. The van der Waals surface area contributed by atoms with Crippen molar-refractivity contribution in [3.63, 3.8) is 0 Å². The lowest BCUT2D eigenvalue weighted by atomic mass is 10.0. The van der Waals surface area contributed by atoms with Gasteiger partial charge in [-0.25, -0.2) is 13.1 Å². The van der Waals surface area contributed by atoms with E-state index in [1.165, 1.54) is 17.2 Å². The Morgan fingerprint density at radius 1 is 1.28 bits per heavy atom. The molecule has 0 aromatic heterocycles. The Morgan fingerprint density at radius 2 is 2.03 bits per heavy atom. The molecule has 29 heavy (non-hydrogen) atoms. The Balaban J connectivity index is 1.75. The zero-order valence-corrected chi connectivity index (χ0v) is 17.0. The van der Waals surface area contributed by atoms with Gasteiger partial charge in [0.15, 0.2) is 0 Å². The minimum atomic E-state index is -3.74. The minimum absolute atomic E-state index is 0.0339. The van der Waals surface area contributed by atoms with Crippen LogP contribution in [0.15, 0.2) is 48.5 Å². The van der Waals surface area contributed by atoms with Crippen LogP contribution in [-0.4, -0.2) is 51.0 Å². The van der Waals surface area contributed by atoms with Crippen molar-refractivity contribution in [2.45, 2.75) is 17.7 Å². The van der Waals surface area contributed by atoms with Crippen LogP contribution in [0.25, 0.3) is 0 Å². The molecule has 0 radical (unpaired) electrons. The highest BCUT2D eigenvalue weighted by atomic mass is 32.2. The van der Waals surface area contributed by atoms with E-state index in [1.54, 1.807) is 26.3 Å². The highest BCUT2D eigenvalue weighted by Crippen LogP contribution is 2.34. The van der Waals surface area contributed by atoms with Crippen LogP contribution in [0, 0.1) is 10.1 Å². The third-order valence-electron chi connectivity index (χ3n) is 4.90. The van der Waals surface area contributed by atoms with Crippen LogP contribution in [0.4, 0.5) is 5.69 Å². The molecule has 2 aromatic rings. The molecule has 0 spiro atoms. The van der Waals surface area contributed by atoms with E-state index >= 15 is 0 Å². The number of para-hydroxylation sites is 1. The topological polar surface area (TPSA) is 111 Å². The summed E-state index contributed by atoms with van der Waals surface area (Å²) in [6.45, 7) is 0.165. The van der Waals surface area contributed by atoms with Gasteiger partial charge in [-0.15, -0.1) is 0 Å². The van der Waals surface area contributed by atoms with E-state index < -0.39 is 26.2 Å². The maximum absolute atomic E-state index is 12.9. The molecule has 156 valence electrons. The zero-order valence-electron chi connectivity index (χ0n) is 16.1. The van der Waals surface area contributed by atoms with Gasteiger partial charge in [-0.3, -0.25) is 15.0 Å². The molecule has 3 rings (SSSR count). The van der Waals surface area contributed by atoms with Crippen molar-refractivity contribution in [2.24, 2.45) is 0 Å². The third-order valence-corrected chi connectivity index (χ3v) is 6.70. The summed E-state index contributed by atoms with van der Waals surface area (Å²) in [5, 5.41) is 11.6. The molecule has 1 aliphatic heterocycles. The first-order valence-corrected chi connectivity index (χ1v) is 10.6. The molecule has 2 atom stereocenters. The molecule has 2 unspecified atom stereocenters. The average molecular weight is 421 g/mol. The second kappa shape index (κ2) is 8.87. The highest BCUT2D eigenvalue weighted by molar-refractivity contribution is 7.90. The first-order chi connectivity index (χ1) is 13.8. The lowest BCUT2D eigenvalue weighted by Crippen LogP contribution is -2.40. The summed E-state index contributed by atoms with van der Waals surface area (Å²) in [5.74, 6) is 0.699. The summed E-state index contributed by atoms with van der Waals surface area (Å²) in [6.07, 6.45) is 0.466. The van der Waals surface area contributed by atoms with Gasteiger partial charge in [0.2, 0.25) is 10.0 Å². The number of nitrogens with one attached hydrogen (secondary N) is 1. The van der Waals surface area contributed by atoms with Crippen molar-refractivity contribution in [1.29, 1.82) is 0 Å². The van der Waals surface area contributed by atoms with E-state index in [2.05, 4.69) is 4.72 Å². The number of nitro groups is 1. The normalized spacial score (nSPS) is 19.9. The Morgan fingerprint density at radius 3 is 2.76 bits per heavy atom. The Bertz CT molecular complexity index is 981. The molecular formula is C19H23N3O6S. The summed E-state index contributed by atoms with van der Waals surface area (Å²) < 4.78 is 33.8. The molecule has 1 saturated heterocycles. The molecule has 10 heteroatoms. The second-order valence-electron chi connectivity index (χ2n) is 6.68. The lowest BCUT2D eigenvalue weighted by molar-refractivity contribution is -0.385. The maximum Gasteiger partial charge on any atom is 0.269 e. The van der Waals surface area contributed by atoms with Crippen LogP contribution < -0.4 is 9.46 Å². The predicted molar refractivity (Wildman–Crippen MR) is 107 cm³/mol. The van der Waals surface area contributed by atoms with Crippen LogP contribution in [0.3, 0.4) is 0 Å². The Labute approximate surface area is 169 Å². The number of methoxy groups -OCH3 is 1. The number of benzene rings is 2. The molecule has 0 bridgehead atoms. The van der Waals surface area contributed by atoms with Crippen LogP contribution in [-0.2, 0) is 21.3 Å². The van der Waals surface area contributed by atoms with Gasteiger partial charge >= 0.3 is 0 Å². The minimum Gasteiger partial charge on any atom is -0.496 e. The van der Waals surface area contributed by atoms with Gasteiger partial charge in [-0.2, -0.15) is 5.06 Å². The van der Waals surface area contributed by atoms with E-state index in [4.69, 9.17) is 9.57 Å². The molecule has 0 amide bonds. The van der Waals surface area contributed by atoms with E-state index in [-0.39, 0.29) is 18.8 Å². The molecule has 0 aliphatic carbocycles. The Kier molecular flexibility index (Phi) is 6.48. The highest BCUT2D eigenvalue weighted by Gasteiger charge is 2.43. The number of hydroxylamine groups is 2. The fourth-order valence-electron chi connectivity index (χ4n) is 3.45. The van der Waals surface area contributed by atoms with Crippen LogP contribution >= 0.6 is 0 Å². The van der Waals surface area contributed by atoms with Crippen LogP contribution in [0.5, 0.6) is 5.75 Å². The summed E-state index contributed by atoms with van der Waals surface area (Å²) in [6, 6.07) is 12.7. The Hall–Kier alpha value is -2.53.